The van der Waals surface area contributed by atoms with E-state index < -0.39 is 0 Å². The number of anilines is 4. The number of rotatable bonds is 14. The van der Waals surface area contributed by atoms with Gasteiger partial charge in [-0.25, -0.2) is 19.6 Å². The minimum absolute atomic E-state index is 0.000536. The lowest BCUT2D eigenvalue weighted by molar-refractivity contribution is 0.00578. The van der Waals surface area contributed by atoms with Crippen molar-refractivity contribution >= 4 is 59.4 Å². The van der Waals surface area contributed by atoms with Crippen LogP contribution in [-0.2, 0) is 18.8 Å². The van der Waals surface area contributed by atoms with Gasteiger partial charge in [-0.2, -0.15) is 0 Å². The van der Waals surface area contributed by atoms with E-state index in [1.165, 1.54) is 5.47 Å². The Morgan fingerprint density at radius 1 is 0.705 bits per heavy atom. The summed E-state index contributed by atoms with van der Waals surface area (Å²) in [7, 11) is -0.182. The second-order valence-electron chi connectivity index (χ2n) is 22.3. The Hall–Kier alpha value is -5.53. The van der Waals surface area contributed by atoms with E-state index in [-0.39, 0.29) is 55.7 Å². The molecule has 0 bridgehead atoms. The lowest BCUT2D eigenvalue weighted by Gasteiger charge is -2.32. The Bertz CT molecular complexity index is 2740. The molecule has 9 rings (SSSR count). The zero-order valence-electron chi connectivity index (χ0n) is 47.6. The van der Waals surface area contributed by atoms with Crippen LogP contribution in [0.2, 0.25) is 5.15 Å². The van der Waals surface area contributed by atoms with E-state index in [1.54, 1.807) is 6.07 Å². The number of carbonyl (C=O) groups excluding carboxylic acids is 2. The van der Waals surface area contributed by atoms with Gasteiger partial charge in [0.25, 0.3) is 0 Å². The highest BCUT2D eigenvalue weighted by molar-refractivity contribution is 6.54. The molecule has 4 amide bonds. The van der Waals surface area contributed by atoms with Crippen molar-refractivity contribution in [1.29, 1.82) is 0 Å². The molecule has 0 unspecified atom stereocenters. The third kappa shape index (κ3) is 16.1. The van der Waals surface area contributed by atoms with E-state index in [2.05, 4.69) is 92.9 Å². The zero-order valence-corrected chi connectivity index (χ0v) is 48.4. The van der Waals surface area contributed by atoms with Crippen LogP contribution in [0, 0.1) is 25.7 Å². The van der Waals surface area contributed by atoms with Crippen molar-refractivity contribution in [2.45, 2.75) is 131 Å². The Morgan fingerprint density at radius 2 is 1.19 bits per heavy atom. The predicted molar refractivity (Wildman–Crippen MR) is 315 cm³/mol. The first-order chi connectivity index (χ1) is 37.3. The average molecular weight is 1090 g/mol. The molecule has 422 valence electrons. The molecule has 3 saturated heterocycles. The summed E-state index contributed by atoms with van der Waals surface area (Å²) >= 11 is 6.23. The average Bonchev–Trinajstić information content (AvgIpc) is 4.26. The van der Waals surface area contributed by atoms with Gasteiger partial charge >= 0.3 is 19.2 Å². The molecule has 3 fully saturated rings. The van der Waals surface area contributed by atoms with Gasteiger partial charge < -0.3 is 60.1 Å². The van der Waals surface area contributed by atoms with Crippen LogP contribution in [0.3, 0.4) is 0 Å². The lowest BCUT2D eigenvalue weighted by atomic mass is 9.75. The fourth-order valence-corrected chi connectivity index (χ4v) is 10.1. The highest BCUT2D eigenvalue weighted by Gasteiger charge is 2.52. The Morgan fingerprint density at radius 3 is 1.64 bits per heavy atom. The van der Waals surface area contributed by atoms with Gasteiger partial charge in [0.05, 0.1) is 56.5 Å². The molecular weight excluding hydrogens is 1010 g/mol. The third-order valence-electron chi connectivity index (χ3n) is 15.7. The minimum Gasteiger partial charge on any atom is -0.400 e. The summed E-state index contributed by atoms with van der Waals surface area (Å²) in [6.45, 7) is 26.5. The molecule has 0 spiro atoms. The maximum atomic E-state index is 12.8. The summed E-state index contributed by atoms with van der Waals surface area (Å²) in [5, 5.41) is 31.7. The molecule has 16 nitrogen and oxygen atoms in total. The number of urea groups is 2. The molecule has 0 saturated carbocycles. The van der Waals surface area contributed by atoms with Gasteiger partial charge in [0, 0.05) is 49.6 Å². The number of halogens is 1. The number of nitrogens with one attached hydrogen (secondary N) is 4. The summed E-state index contributed by atoms with van der Waals surface area (Å²) in [5.41, 5.74) is 10.5. The second-order valence-corrected chi connectivity index (χ2v) is 22.7. The van der Waals surface area contributed by atoms with E-state index in [9.17, 15) is 19.8 Å². The molecule has 2 aromatic heterocycles. The highest BCUT2D eigenvalue weighted by Crippen LogP contribution is 2.40. The van der Waals surface area contributed by atoms with Crippen molar-refractivity contribution in [1.82, 2.24) is 19.8 Å². The molecule has 6 N–H and O–H groups in total. The van der Waals surface area contributed by atoms with Crippen LogP contribution in [-0.4, -0.2) is 138 Å². The molecule has 2 aromatic carbocycles. The number of amides is 4. The number of likely N-dealkylation sites (tertiary alicyclic amines) is 2. The molecule has 0 radical (unpaired) electrons. The van der Waals surface area contributed by atoms with E-state index in [1.807, 2.05) is 79.1 Å². The summed E-state index contributed by atoms with van der Waals surface area (Å²) < 4.78 is 22.7. The number of aryl methyl sites for hydroxylation is 2. The summed E-state index contributed by atoms with van der Waals surface area (Å²) in [6, 6.07) is 19.4. The van der Waals surface area contributed by atoms with E-state index in [0.29, 0.717) is 42.6 Å². The maximum Gasteiger partial charge on any atom is 0.490 e. The van der Waals surface area contributed by atoms with Crippen molar-refractivity contribution in [3.05, 3.63) is 100 Å². The van der Waals surface area contributed by atoms with Crippen LogP contribution in [0.15, 0.2) is 78.3 Å². The van der Waals surface area contributed by atoms with Crippen LogP contribution >= 0.6 is 11.6 Å². The van der Waals surface area contributed by atoms with Crippen molar-refractivity contribution in [3.63, 3.8) is 0 Å². The van der Waals surface area contributed by atoms with Crippen LogP contribution < -0.4 is 21.3 Å². The summed E-state index contributed by atoms with van der Waals surface area (Å²) in [6.07, 6.45) is 10.2. The van der Waals surface area contributed by atoms with Crippen molar-refractivity contribution in [2.24, 2.45) is 11.8 Å². The van der Waals surface area contributed by atoms with Crippen molar-refractivity contribution in [3.8, 4) is 22.3 Å². The highest BCUT2D eigenvalue weighted by atomic mass is 35.5. The molecule has 4 aromatic rings. The van der Waals surface area contributed by atoms with Gasteiger partial charge in [0.2, 0.25) is 0 Å². The molecule has 0 aliphatic carbocycles. The molecule has 7 heterocycles. The van der Waals surface area contributed by atoms with Gasteiger partial charge in [-0.1, -0.05) is 62.6 Å². The Labute approximate surface area is 468 Å². The molecule has 18 heteroatoms. The summed E-state index contributed by atoms with van der Waals surface area (Å²) in [5.74, 6) is 2.52. The first-order valence-corrected chi connectivity index (χ1v) is 28.3. The van der Waals surface area contributed by atoms with Crippen LogP contribution in [0.4, 0.5) is 32.6 Å². The fourth-order valence-electron chi connectivity index (χ4n) is 9.88. The first kappa shape index (κ1) is 60.1. The monoisotopic (exact) mass is 1090 g/mol. The number of ether oxygens (including phenoxy) is 2. The predicted octanol–water partition coefficient (Wildman–Crippen LogP) is 11.6. The van der Waals surface area contributed by atoms with Crippen LogP contribution in [0.5, 0.6) is 0 Å². The number of carbonyl (C=O) groups is 2. The van der Waals surface area contributed by atoms with Crippen LogP contribution in [0.1, 0.15) is 111 Å². The van der Waals surface area contributed by atoms with E-state index in [0.717, 1.165) is 133 Å². The van der Waals surface area contributed by atoms with Gasteiger partial charge in [0.15, 0.2) is 0 Å². The normalized spacial score (nSPS) is 20.3. The molecule has 5 aliphatic heterocycles. The molecule has 78 heavy (non-hydrogen) atoms. The zero-order chi connectivity index (χ0) is 56.1. The lowest BCUT2D eigenvalue weighted by Crippen LogP contribution is -2.41. The summed E-state index contributed by atoms with van der Waals surface area (Å²) in [4.78, 5) is 38.3. The van der Waals surface area contributed by atoms with E-state index in [4.69, 9.17) is 35.4 Å². The standard InChI is InChI=1S/C27H36N4O3.C22H29ClN4O2.C11H19BO3/c1-4-20-7-10-31(16-20)27(33)29-23-6-5-18(2)24(15-23)22-13-25(21-8-11-34-12-9-21)30-26(14-22)28-19(3)17-32;1-4-16-7-8-27(12-16)22(29)25-18-6-5-14(2)19(11-18)17-9-20(23)26-21(10-17)24-15(3)13-28;1-10(2)11(3,4)15-12(14-10)9-5-7-13-8-6-9/h5-6,8,13-15,19-20,32H,4,7,9-12,16-17H2,1-3H3,(H,28,30)(H,29,33);5-6,9-11,15-16,28H,4,7-8,12-13H2,1-3H3,(H,24,26)(H,25,29);5H,6-8H2,1-4H3/t19-,20-;15-,16-;/m11./s1. The van der Waals surface area contributed by atoms with Crippen LogP contribution in [0.25, 0.3) is 27.8 Å². The number of pyridine rings is 2. The Kier molecular flexibility index (Phi) is 21.3. The molecule has 4 atom stereocenters. The van der Waals surface area contributed by atoms with Crippen molar-refractivity contribution in [2.75, 3.05) is 87.1 Å². The SMILES string of the molecule is CC1(C)OB(C2=CCOCC2)OC1(C)C.CC[C@@H]1CCN(C(=O)Nc2ccc(C)c(-c3cc(Cl)nc(N[C@H](C)CO)c3)c2)C1.CC[C@@H]1CCN(C(=O)Nc2ccc(C)c(-c3cc(N[C@H](C)CO)nc(C4=CCOCC4)c3)c2)C1. The minimum atomic E-state index is -0.239. The molecule has 5 aliphatic rings. The first-order valence-electron chi connectivity index (χ1n) is 28.0. The van der Waals surface area contributed by atoms with Crippen molar-refractivity contribution < 1.29 is 38.6 Å². The number of aromatic nitrogens is 2. The number of hydrogen-bond acceptors (Lipinski definition) is 12. The van der Waals surface area contributed by atoms with Gasteiger partial charge in [-0.15, -0.1) is 0 Å². The van der Waals surface area contributed by atoms with E-state index >= 15 is 0 Å². The van der Waals surface area contributed by atoms with Gasteiger partial charge in [0.1, 0.15) is 16.8 Å². The number of aliphatic hydroxyl groups excluding tert-OH is 2. The Balaban J connectivity index is 0.000000181. The maximum absolute atomic E-state index is 12.8. The molecular formula is C60H84BClN8O8. The second kappa shape index (κ2) is 27.6. The number of hydrogen-bond donors (Lipinski definition) is 6. The largest absolute Gasteiger partial charge is 0.490 e. The quantitative estimate of drug-likeness (QED) is 0.0518. The number of aliphatic hydroxyl groups is 2. The third-order valence-corrected chi connectivity index (χ3v) is 15.9. The van der Waals surface area contributed by atoms with Gasteiger partial charge in [-0.3, -0.25) is 0 Å². The smallest absolute Gasteiger partial charge is 0.400 e. The fraction of sp³-hybridized carbons (Fsp3) is 0.533. The number of nitrogens with zero attached hydrogens (tertiary/aromatic N) is 4. The van der Waals surface area contributed by atoms with Gasteiger partial charge in [-0.05, 0) is 186 Å². The number of benzene rings is 2. The topological polar surface area (TPSA) is 192 Å².